The Balaban J connectivity index is 0.00000351. The zero-order chi connectivity index (χ0) is 32.3. The molecule has 0 radical (unpaired) electrons. The number of carbonyl (C=O) groups is 1. The fourth-order valence-corrected chi connectivity index (χ4v) is 13.3. The van der Waals surface area contributed by atoms with Gasteiger partial charge >= 0.3 is 5.97 Å². The second-order valence-corrected chi connectivity index (χ2v) is 18.4. The topological polar surface area (TPSA) is 86.7 Å². The molecule has 268 valence electrons. The van der Waals surface area contributed by atoms with E-state index in [0.29, 0.717) is 46.5 Å². The SMILES string of the molecule is CCC(=O)O[C@@H](C1CCC2C(CC3C4CCC5C(C)(C)[C@@H](OC6CN(C7COC7)CCO6)CCC56C[C@@]46CCC23C)O1)C(C)(C)O.S. The molecule has 8 fully saturated rings. The van der Waals surface area contributed by atoms with Gasteiger partial charge in [-0.25, -0.2) is 0 Å². The van der Waals surface area contributed by atoms with Crippen molar-refractivity contribution in [1.29, 1.82) is 0 Å². The second-order valence-electron chi connectivity index (χ2n) is 18.4. The lowest BCUT2D eigenvalue weighted by atomic mass is 9.46. The van der Waals surface area contributed by atoms with E-state index in [4.69, 9.17) is 23.7 Å². The van der Waals surface area contributed by atoms with Gasteiger partial charge in [0.25, 0.3) is 0 Å². The van der Waals surface area contributed by atoms with Gasteiger partial charge in [0.05, 0.1) is 56.3 Å². The molecular formula is C38H63NO7S. The number of hydrogen-bond acceptors (Lipinski definition) is 8. The van der Waals surface area contributed by atoms with Crippen LogP contribution in [0.4, 0.5) is 0 Å². The Morgan fingerprint density at radius 3 is 2.47 bits per heavy atom. The molecule has 8 aliphatic rings. The van der Waals surface area contributed by atoms with Crippen molar-refractivity contribution in [3.8, 4) is 0 Å². The molecule has 9 heteroatoms. The van der Waals surface area contributed by atoms with Gasteiger partial charge in [-0.1, -0.05) is 27.7 Å². The molecule has 0 aromatic rings. The van der Waals surface area contributed by atoms with Crippen LogP contribution in [-0.2, 0) is 28.5 Å². The Labute approximate surface area is 290 Å². The maximum atomic E-state index is 12.3. The van der Waals surface area contributed by atoms with E-state index < -0.39 is 11.7 Å². The van der Waals surface area contributed by atoms with Gasteiger partial charge in [0, 0.05) is 13.0 Å². The number of rotatable bonds is 7. The number of aliphatic hydroxyl groups is 1. The zero-order valence-corrected chi connectivity index (χ0v) is 30.9. The van der Waals surface area contributed by atoms with Crippen LogP contribution in [0.1, 0.15) is 112 Å². The van der Waals surface area contributed by atoms with Gasteiger partial charge in [-0.3, -0.25) is 9.69 Å². The Bertz CT molecular complexity index is 1190. The van der Waals surface area contributed by atoms with Crippen molar-refractivity contribution < 1.29 is 33.6 Å². The first-order chi connectivity index (χ1) is 21.8. The summed E-state index contributed by atoms with van der Waals surface area (Å²) < 4.78 is 31.3. The van der Waals surface area contributed by atoms with Crippen molar-refractivity contribution in [2.45, 2.75) is 155 Å². The lowest BCUT2D eigenvalue weighted by Crippen LogP contribution is -2.58. The summed E-state index contributed by atoms with van der Waals surface area (Å²) in [6.45, 7) is 17.2. The molecule has 3 aliphatic heterocycles. The van der Waals surface area contributed by atoms with Crippen LogP contribution in [0.5, 0.6) is 0 Å². The predicted octanol–water partition coefficient (Wildman–Crippen LogP) is 5.84. The van der Waals surface area contributed by atoms with E-state index in [-0.39, 0.29) is 49.5 Å². The van der Waals surface area contributed by atoms with Crippen molar-refractivity contribution >= 4 is 19.5 Å². The summed E-state index contributed by atoms with van der Waals surface area (Å²) >= 11 is 0. The lowest BCUT2D eigenvalue weighted by Gasteiger charge is -2.60. The van der Waals surface area contributed by atoms with E-state index in [9.17, 15) is 9.90 Å². The van der Waals surface area contributed by atoms with Crippen LogP contribution in [-0.4, -0.2) is 91.2 Å². The third-order valence-electron chi connectivity index (χ3n) is 15.7. The highest BCUT2D eigenvalue weighted by atomic mass is 32.1. The first kappa shape index (κ1) is 35.0. The molecule has 8 nitrogen and oxygen atoms in total. The van der Waals surface area contributed by atoms with Gasteiger partial charge in [-0.2, -0.15) is 13.5 Å². The number of fused-ring (bicyclic) bond motifs is 4. The van der Waals surface area contributed by atoms with E-state index in [1.54, 1.807) is 13.8 Å². The van der Waals surface area contributed by atoms with Crippen LogP contribution in [0.15, 0.2) is 0 Å². The van der Waals surface area contributed by atoms with Crippen molar-refractivity contribution in [2.75, 3.05) is 32.9 Å². The Morgan fingerprint density at radius 1 is 1.00 bits per heavy atom. The number of morpholine rings is 1. The van der Waals surface area contributed by atoms with Crippen molar-refractivity contribution in [3.05, 3.63) is 0 Å². The number of ether oxygens (including phenoxy) is 5. The standard InChI is InChI=1S/C38H61NO7.H2S/c1-7-31(40)46-33(35(4,5)41)27-10-8-25-28(44-27)18-26-24-9-11-29-34(2,3)30(45-32-19-39(16-17-43-32)23-20-42-21-23)12-13-38(29)22-37(24,38)15-14-36(25,26)6;/h23-30,32-33,41H,7-22H2,1-6H3;1H2/t24?,25?,26?,27?,28?,29?,30-,32?,33-,36?,37-,38?;/m0./s1. The minimum Gasteiger partial charge on any atom is -0.457 e. The van der Waals surface area contributed by atoms with Gasteiger partial charge in [0.1, 0.15) is 0 Å². The van der Waals surface area contributed by atoms with Crippen molar-refractivity contribution in [1.82, 2.24) is 4.90 Å². The maximum Gasteiger partial charge on any atom is 0.305 e. The van der Waals surface area contributed by atoms with Gasteiger partial charge < -0.3 is 28.8 Å². The summed E-state index contributed by atoms with van der Waals surface area (Å²) in [5.41, 5.74) is 0.285. The van der Waals surface area contributed by atoms with Crippen LogP contribution in [0, 0.1) is 45.3 Å². The number of carbonyl (C=O) groups excluding carboxylic acids is 1. The number of hydrogen-bond donors (Lipinski definition) is 1. The highest BCUT2D eigenvalue weighted by molar-refractivity contribution is 7.59. The monoisotopic (exact) mass is 677 g/mol. The van der Waals surface area contributed by atoms with E-state index in [2.05, 4.69) is 25.7 Å². The quantitative estimate of drug-likeness (QED) is 0.337. The van der Waals surface area contributed by atoms with E-state index in [1.807, 2.05) is 6.92 Å². The lowest BCUT2D eigenvalue weighted by molar-refractivity contribution is -0.253. The fourth-order valence-electron chi connectivity index (χ4n) is 13.3. The minimum absolute atomic E-state index is 0. The molecule has 5 aliphatic carbocycles. The zero-order valence-electron chi connectivity index (χ0n) is 29.9. The fraction of sp³-hybridized carbons (Fsp3) is 0.974. The first-order valence-electron chi connectivity index (χ1n) is 19.0. The summed E-state index contributed by atoms with van der Waals surface area (Å²) in [6, 6.07) is 0.536. The second kappa shape index (κ2) is 12.1. The Morgan fingerprint density at radius 2 is 1.77 bits per heavy atom. The van der Waals surface area contributed by atoms with E-state index >= 15 is 0 Å². The van der Waals surface area contributed by atoms with Crippen molar-refractivity contribution in [3.63, 3.8) is 0 Å². The summed E-state index contributed by atoms with van der Waals surface area (Å²) in [4.78, 5) is 14.8. The smallest absolute Gasteiger partial charge is 0.305 e. The van der Waals surface area contributed by atoms with Gasteiger partial charge in [-0.05, 0) is 123 Å². The maximum absolute atomic E-state index is 12.3. The van der Waals surface area contributed by atoms with Gasteiger partial charge in [0.15, 0.2) is 12.4 Å². The van der Waals surface area contributed by atoms with Crippen molar-refractivity contribution in [2.24, 2.45) is 45.3 Å². The molecule has 0 amide bonds. The molecule has 2 spiro atoms. The molecule has 47 heavy (non-hydrogen) atoms. The first-order valence-corrected chi connectivity index (χ1v) is 19.0. The Kier molecular flexibility index (Phi) is 9.00. The molecule has 0 aromatic carbocycles. The summed E-state index contributed by atoms with van der Waals surface area (Å²) in [5, 5.41) is 11.0. The highest BCUT2D eigenvalue weighted by Crippen LogP contribution is 2.87. The molecule has 0 bridgehead atoms. The molecule has 3 heterocycles. The number of nitrogens with zero attached hydrogens (tertiary/aromatic N) is 1. The molecule has 3 saturated heterocycles. The van der Waals surface area contributed by atoms with Gasteiger partial charge in [-0.15, -0.1) is 0 Å². The average molecular weight is 678 g/mol. The Hall–Kier alpha value is -0.420. The normalized spacial score (nSPS) is 47.9. The molecular weight excluding hydrogens is 614 g/mol. The van der Waals surface area contributed by atoms with Crippen LogP contribution >= 0.6 is 13.5 Å². The van der Waals surface area contributed by atoms with E-state index in [0.717, 1.165) is 64.5 Å². The summed E-state index contributed by atoms with van der Waals surface area (Å²) in [5.74, 6) is 2.49. The molecule has 1 N–H and O–H groups in total. The van der Waals surface area contributed by atoms with Crippen LogP contribution in [0.2, 0.25) is 0 Å². The van der Waals surface area contributed by atoms with Crippen LogP contribution < -0.4 is 0 Å². The third kappa shape index (κ3) is 5.32. The summed E-state index contributed by atoms with van der Waals surface area (Å²) in [7, 11) is 0. The molecule has 8 rings (SSSR count). The minimum atomic E-state index is -1.14. The highest BCUT2D eigenvalue weighted by Gasteiger charge is 2.80. The third-order valence-corrected chi connectivity index (χ3v) is 15.7. The largest absolute Gasteiger partial charge is 0.457 e. The predicted molar refractivity (Wildman–Crippen MR) is 183 cm³/mol. The number of esters is 1. The molecule has 12 atom stereocenters. The van der Waals surface area contributed by atoms with Crippen LogP contribution in [0.3, 0.4) is 0 Å². The summed E-state index contributed by atoms with van der Waals surface area (Å²) in [6.07, 6.45) is 12.1. The molecule has 9 unspecified atom stereocenters. The average Bonchev–Trinajstić information content (AvgIpc) is 3.56. The van der Waals surface area contributed by atoms with Gasteiger partial charge in [0.2, 0.25) is 0 Å². The van der Waals surface area contributed by atoms with Crippen LogP contribution in [0.25, 0.3) is 0 Å². The molecule has 0 aromatic heterocycles. The van der Waals surface area contributed by atoms with E-state index in [1.165, 1.54) is 38.5 Å². The molecule has 5 saturated carbocycles.